The quantitative estimate of drug-likeness (QED) is 0.754. The molecule has 1 N–H and O–H groups in total. The Kier molecular flexibility index (Phi) is 4.67. The number of hydrogen-bond donors (Lipinski definition) is 1. The topological polar surface area (TPSA) is 12.0 Å². The summed E-state index contributed by atoms with van der Waals surface area (Å²) in [6.45, 7) is 4.56. The molecule has 0 saturated carbocycles. The van der Waals surface area contributed by atoms with Gasteiger partial charge in [-0.3, -0.25) is 0 Å². The predicted molar refractivity (Wildman–Crippen MR) is 52.5 cm³/mol. The molecule has 0 heterocycles. The first-order valence-corrected chi connectivity index (χ1v) is 3.74. The summed E-state index contributed by atoms with van der Waals surface area (Å²) in [6.07, 6.45) is 0. The van der Waals surface area contributed by atoms with E-state index in [0.29, 0.717) is 5.56 Å². The Morgan fingerprint density at radius 3 is 2.58 bits per heavy atom. The van der Waals surface area contributed by atoms with Gasteiger partial charge in [0, 0.05) is 12.2 Å². The van der Waals surface area contributed by atoms with Crippen molar-refractivity contribution < 1.29 is 4.39 Å². The fourth-order valence-corrected chi connectivity index (χ4v) is 0.907. The maximum absolute atomic E-state index is 12.9. The van der Waals surface area contributed by atoms with E-state index in [-0.39, 0.29) is 18.2 Å². The first kappa shape index (κ1) is 11.2. The molecule has 0 aliphatic carbocycles. The first-order chi connectivity index (χ1) is 5.24. The fraction of sp³-hybridized carbons (Fsp3) is 0.333. The second-order valence-corrected chi connectivity index (χ2v) is 2.49. The monoisotopic (exact) mass is 189 g/mol. The van der Waals surface area contributed by atoms with E-state index < -0.39 is 0 Å². The molecule has 1 nitrogen and oxygen atoms in total. The summed E-state index contributed by atoms with van der Waals surface area (Å²) in [5.74, 6) is -0.150. The number of rotatable bonds is 2. The maximum Gasteiger partial charge on any atom is 0.128 e. The molecule has 0 radical (unpaired) electrons. The largest absolute Gasteiger partial charge is 0.385 e. The molecule has 68 valence electrons. The second kappa shape index (κ2) is 4.99. The standard InChI is InChI=1S/C9H12FN.ClH/c1-3-11-8-5-4-7(2)9(10)6-8;/h4-6,11H,3H2,1-2H3;1H. The van der Waals surface area contributed by atoms with Crippen molar-refractivity contribution in [2.75, 3.05) is 11.9 Å². The van der Waals surface area contributed by atoms with E-state index in [0.717, 1.165) is 12.2 Å². The Hall–Kier alpha value is -0.760. The van der Waals surface area contributed by atoms with Crippen LogP contribution in [0.1, 0.15) is 12.5 Å². The summed E-state index contributed by atoms with van der Waals surface area (Å²) in [7, 11) is 0. The van der Waals surface area contributed by atoms with Crippen LogP contribution in [-0.4, -0.2) is 6.54 Å². The van der Waals surface area contributed by atoms with Crippen molar-refractivity contribution in [1.82, 2.24) is 0 Å². The zero-order valence-electron chi connectivity index (χ0n) is 7.23. The van der Waals surface area contributed by atoms with Crippen LogP contribution >= 0.6 is 12.4 Å². The van der Waals surface area contributed by atoms with Gasteiger partial charge in [-0.1, -0.05) is 6.07 Å². The van der Waals surface area contributed by atoms with Gasteiger partial charge >= 0.3 is 0 Å². The van der Waals surface area contributed by atoms with Crippen LogP contribution in [0.4, 0.5) is 10.1 Å². The normalized spacial score (nSPS) is 8.92. The van der Waals surface area contributed by atoms with Crippen LogP contribution in [0.15, 0.2) is 18.2 Å². The lowest BCUT2D eigenvalue weighted by atomic mass is 10.2. The van der Waals surface area contributed by atoms with Crippen LogP contribution in [0.3, 0.4) is 0 Å². The molecule has 0 amide bonds. The zero-order chi connectivity index (χ0) is 8.27. The lowest BCUT2D eigenvalue weighted by Gasteiger charge is -2.03. The molecular formula is C9H13ClFN. The predicted octanol–water partition coefficient (Wildman–Crippen LogP) is 2.99. The molecule has 0 spiro atoms. The highest BCUT2D eigenvalue weighted by molar-refractivity contribution is 5.85. The van der Waals surface area contributed by atoms with E-state index >= 15 is 0 Å². The summed E-state index contributed by atoms with van der Waals surface area (Å²) >= 11 is 0. The molecule has 1 aromatic rings. The second-order valence-electron chi connectivity index (χ2n) is 2.49. The molecule has 0 unspecified atom stereocenters. The third-order valence-electron chi connectivity index (χ3n) is 1.55. The van der Waals surface area contributed by atoms with E-state index in [1.54, 1.807) is 13.0 Å². The van der Waals surface area contributed by atoms with Crippen molar-refractivity contribution in [3.05, 3.63) is 29.6 Å². The lowest BCUT2D eigenvalue weighted by molar-refractivity contribution is 0.619. The number of nitrogens with one attached hydrogen (secondary N) is 1. The molecular weight excluding hydrogens is 177 g/mol. The van der Waals surface area contributed by atoms with Crippen LogP contribution in [-0.2, 0) is 0 Å². The van der Waals surface area contributed by atoms with Gasteiger partial charge in [0.1, 0.15) is 5.82 Å². The third-order valence-corrected chi connectivity index (χ3v) is 1.55. The highest BCUT2D eigenvalue weighted by atomic mass is 35.5. The van der Waals surface area contributed by atoms with E-state index in [1.807, 2.05) is 13.0 Å². The number of benzene rings is 1. The molecule has 3 heteroatoms. The third kappa shape index (κ3) is 2.70. The summed E-state index contributed by atoms with van der Waals surface area (Å²) in [5.41, 5.74) is 1.53. The van der Waals surface area contributed by atoms with E-state index in [1.165, 1.54) is 6.07 Å². The van der Waals surface area contributed by atoms with Gasteiger partial charge in [-0.05, 0) is 31.5 Å². The molecule has 0 aliphatic rings. The minimum atomic E-state index is -0.150. The SMILES string of the molecule is CCNc1ccc(C)c(F)c1.Cl. The summed E-state index contributed by atoms with van der Waals surface area (Å²) in [4.78, 5) is 0. The van der Waals surface area contributed by atoms with Gasteiger partial charge in [-0.25, -0.2) is 4.39 Å². The Morgan fingerprint density at radius 2 is 2.08 bits per heavy atom. The minimum absolute atomic E-state index is 0. The van der Waals surface area contributed by atoms with Crippen LogP contribution in [0.5, 0.6) is 0 Å². The zero-order valence-corrected chi connectivity index (χ0v) is 8.04. The minimum Gasteiger partial charge on any atom is -0.385 e. The molecule has 0 saturated heterocycles. The molecule has 12 heavy (non-hydrogen) atoms. The Balaban J connectivity index is 0.00000121. The van der Waals surface area contributed by atoms with E-state index in [4.69, 9.17) is 0 Å². The van der Waals surface area contributed by atoms with E-state index in [9.17, 15) is 4.39 Å². The van der Waals surface area contributed by atoms with Crippen molar-refractivity contribution in [3.63, 3.8) is 0 Å². The summed E-state index contributed by atoms with van der Waals surface area (Å²) in [6, 6.07) is 5.16. The van der Waals surface area contributed by atoms with Crippen molar-refractivity contribution in [2.45, 2.75) is 13.8 Å². The van der Waals surface area contributed by atoms with Crippen LogP contribution in [0.25, 0.3) is 0 Å². The van der Waals surface area contributed by atoms with Crippen molar-refractivity contribution in [1.29, 1.82) is 0 Å². The smallest absolute Gasteiger partial charge is 0.128 e. The first-order valence-electron chi connectivity index (χ1n) is 3.74. The van der Waals surface area contributed by atoms with Crippen molar-refractivity contribution in [2.24, 2.45) is 0 Å². The number of anilines is 1. The van der Waals surface area contributed by atoms with Crippen LogP contribution in [0, 0.1) is 12.7 Å². The number of hydrogen-bond acceptors (Lipinski definition) is 1. The highest BCUT2D eigenvalue weighted by Crippen LogP contribution is 2.12. The number of aryl methyl sites for hydroxylation is 1. The Morgan fingerprint density at radius 1 is 1.42 bits per heavy atom. The van der Waals surface area contributed by atoms with Gasteiger partial charge in [-0.15, -0.1) is 12.4 Å². The fourth-order valence-electron chi connectivity index (χ4n) is 0.907. The van der Waals surface area contributed by atoms with Gasteiger partial charge < -0.3 is 5.32 Å². The van der Waals surface area contributed by atoms with Gasteiger partial charge in [-0.2, -0.15) is 0 Å². The maximum atomic E-state index is 12.9. The molecule has 0 aromatic heterocycles. The number of halogens is 2. The van der Waals surface area contributed by atoms with Gasteiger partial charge in [0.05, 0.1) is 0 Å². The summed E-state index contributed by atoms with van der Waals surface area (Å²) < 4.78 is 12.9. The summed E-state index contributed by atoms with van der Waals surface area (Å²) in [5, 5.41) is 3.04. The molecule has 1 aromatic carbocycles. The van der Waals surface area contributed by atoms with Gasteiger partial charge in [0.2, 0.25) is 0 Å². The molecule has 0 aliphatic heterocycles. The van der Waals surface area contributed by atoms with Crippen molar-refractivity contribution >= 4 is 18.1 Å². The van der Waals surface area contributed by atoms with Gasteiger partial charge in [0.15, 0.2) is 0 Å². The van der Waals surface area contributed by atoms with Crippen molar-refractivity contribution in [3.8, 4) is 0 Å². The van der Waals surface area contributed by atoms with Crippen LogP contribution in [0.2, 0.25) is 0 Å². The molecule has 1 rings (SSSR count). The highest BCUT2D eigenvalue weighted by Gasteiger charge is 1.96. The Bertz CT molecular complexity index is 250. The van der Waals surface area contributed by atoms with Gasteiger partial charge in [0.25, 0.3) is 0 Å². The van der Waals surface area contributed by atoms with E-state index in [2.05, 4.69) is 5.32 Å². The average molecular weight is 190 g/mol. The lowest BCUT2D eigenvalue weighted by Crippen LogP contribution is -1.96. The molecule has 0 bridgehead atoms. The average Bonchev–Trinajstić information content (AvgIpc) is 1.98. The van der Waals surface area contributed by atoms with Crippen LogP contribution < -0.4 is 5.32 Å². The molecule has 0 fully saturated rings. The Labute approximate surface area is 78.4 Å². The molecule has 0 atom stereocenters.